The molecule has 6 heteroatoms. The molecular weight excluding hydrogens is 370 g/mol. The van der Waals surface area contributed by atoms with E-state index >= 15 is 0 Å². The minimum absolute atomic E-state index is 0.127. The van der Waals surface area contributed by atoms with Crippen LogP contribution in [0.25, 0.3) is 6.08 Å². The van der Waals surface area contributed by atoms with Gasteiger partial charge in [-0.1, -0.05) is 44.2 Å². The van der Waals surface area contributed by atoms with E-state index in [1.54, 1.807) is 24.3 Å². The van der Waals surface area contributed by atoms with Gasteiger partial charge in [-0.05, 0) is 55.4 Å². The van der Waals surface area contributed by atoms with Crippen LogP contribution < -0.4 is 10.1 Å². The molecule has 0 aromatic heterocycles. The summed E-state index contributed by atoms with van der Waals surface area (Å²) in [5, 5.41) is 22.0. The molecule has 3 rings (SSSR count). The average Bonchev–Trinajstić information content (AvgIpc) is 3.23. The maximum atomic E-state index is 12.2. The Morgan fingerprint density at radius 2 is 1.69 bits per heavy atom. The molecule has 2 aliphatic rings. The summed E-state index contributed by atoms with van der Waals surface area (Å²) in [5.74, 6) is -0.180. The quantitative estimate of drug-likeness (QED) is 0.575. The second kappa shape index (κ2) is 10.4. The van der Waals surface area contributed by atoms with E-state index < -0.39 is 12.1 Å². The summed E-state index contributed by atoms with van der Waals surface area (Å²) < 4.78 is 5.86. The van der Waals surface area contributed by atoms with Crippen LogP contribution in [-0.2, 0) is 9.59 Å². The Bertz CT molecular complexity index is 721. The lowest BCUT2D eigenvalue weighted by atomic mass is 9.95. The van der Waals surface area contributed by atoms with Crippen molar-refractivity contribution in [1.29, 1.82) is 0 Å². The number of aliphatic hydroxyl groups excluding tert-OH is 1. The molecule has 1 aromatic rings. The van der Waals surface area contributed by atoms with Crippen LogP contribution in [0.5, 0.6) is 5.75 Å². The number of benzene rings is 1. The zero-order chi connectivity index (χ0) is 20.6. The third-order valence-electron chi connectivity index (χ3n) is 5.91. The number of carboxylic acid groups (broad SMARTS) is 1. The van der Waals surface area contributed by atoms with Crippen LogP contribution in [0.3, 0.4) is 0 Å². The van der Waals surface area contributed by atoms with E-state index in [2.05, 4.69) is 5.32 Å². The predicted molar refractivity (Wildman–Crippen MR) is 110 cm³/mol. The molecule has 0 spiro atoms. The minimum Gasteiger partial charge on any atom is -0.488 e. The van der Waals surface area contributed by atoms with Gasteiger partial charge in [-0.15, -0.1) is 0 Å². The molecule has 0 aliphatic heterocycles. The van der Waals surface area contributed by atoms with E-state index in [4.69, 9.17) is 4.74 Å². The second-order valence-electron chi connectivity index (χ2n) is 8.18. The van der Waals surface area contributed by atoms with Crippen molar-refractivity contribution < 1.29 is 24.5 Å². The first-order valence-corrected chi connectivity index (χ1v) is 10.7. The van der Waals surface area contributed by atoms with Gasteiger partial charge in [0, 0.05) is 6.42 Å². The van der Waals surface area contributed by atoms with Gasteiger partial charge in [0.05, 0.1) is 6.10 Å². The number of hydrogen-bond acceptors (Lipinski definition) is 4. The normalized spacial score (nSPS) is 23.0. The van der Waals surface area contributed by atoms with Crippen molar-refractivity contribution in [2.75, 3.05) is 0 Å². The smallest absolute Gasteiger partial charge is 0.352 e. The van der Waals surface area contributed by atoms with Crippen molar-refractivity contribution in [3.05, 3.63) is 35.5 Å². The Balaban J connectivity index is 1.56. The zero-order valence-electron chi connectivity index (χ0n) is 16.8. The molecule has 29 heavy (non-hydrogen) atoms. The summed E-state index contributed by atoms with van der Waals surface area (Å²) in [6, 6.07) is 7.01. The zero-order valence-corrected chi connectivity index (χ0v) is 16.8. The Morgan fingerprint density at radius 3 is 2.34 bits per heavy atom. The number of amides is 1. The third kappa shape index (κ3) is 6.60. The highest BCUT2D eigenvalue weighted by Gasteiger charge is 2.24. The molecule has 2 fully saturated rings. The van der Waals surface area contributed by atoms with Crippen LogP contribution in [0.15, 0.2) is 30.0 Å². The SMILES string of the molecule is O=C(CCC1CCCC1)N/C(=C\c1ccc(OC2CCCCC2O)cc1)C(=O)O. The molecule has 0 heterocycles. The average molecular weight is 402 g/mol. The van der Waals surface area contributed by atoms with Gasteiger partial charge >= 0.3 is 5.97 Å². The van der Waals surface area contributed by atoms with E-state index in [0.717, 1.165) is 32.1 Å². The van der Waals surface area contributed by atoms with Crippen molar-refractivity contribution in [3.8, 4) is 5.75 Å². The standard InChI is InChI=1S/C23H31NO5/c25-20-7-3-4-8-21(20)29-18-12-9-17(10-13-18)15-19(23(27)28)24-22(26)14-11-16-5-1-2-6-16/h9-10,12-13,15-16,20-21,25H,1-8,11,14H2,(H,24,26)(H,27,28)/b19-15-. The lowest BCUT2D eigenvalue weighted by Gasteiger charge is -2.28. The summed E-state index contributed by atoms with van der Waals surface area (Å²) in [6.07, 6.45) is 10.4. The van der Waals surface area contributed by atoms with E-state index in [1.807, 2.05) is 0 Å². The minimum atomic E-state index is -1.16. The maximum absolute atomic E-state index is 12.2. The fourth-order valence-electron chi connectivity index (χ4n) is 4.20. The molecule has 1 aromatic carbocycles. The lowest BCUT2D eigenvalue weighted by molar-refractivity contribution is -0.134. The number of ether oxygens (including phenoxy) is 1. The Labute approximate surface area is 172 Å². The summed E-state index contributed by atoms with van der Waals surface area (Å²) >= 11 is 0. The number of hydrogen-bond donors (Lipinski definition) is 3. The van der Waals surface area contributed by atoms with Gasteiger partial charge in [0.15, 0.2) is 0 Å². The molecule has 0 saturated heterocycles. The molecule has 1 amide bonds. The third-order valence-corrected chi connectivity index (χ3v) is 5.91. The van der Waals surface area contributed by atoms with Crippen LogP contribution >= 0.6 is 0 Å². The van der Waals surface area contributed by atoms with E-state index in [-0.39, 0.29) is 17.7 Å². The Kier molecular flexibility index (Phi) is 7.69. The molecule has 2 saturated carbocycles. The first kappa shape index (κ1) is 21.4. The van der Waals surface area contributed by atoms with Gasteiger partial charge in [0.1, 0.15) is 17.6 Å². The van der Waals surface area contributed by atoms with Crippen molar-refractivity contribution in [2.45, 2.75) is 76.4 Å². The highest BCUT2D eigenvalue weighted by Crippen LogP contribution is 2.28. The molecule has 0 radical (unpaired) electrons. The molecule has 3 N–H and O–H groups in total. The summed E-state index contributed by atoms with van der Waals surface area (Å²) in [4.78, 5) is 23.7. The first-order valence-electron chi connectivity index (χ1n) is 10.7. The fourth-order valence-corrected chi connectivity index (χ4v) is 4.20. The molecule has 2 atom stereocenters. The summed E-state index contributed by atoms with van der Waals surface area (Å²) in [7, 11) is 0. The number of carboxylic acids is 1. The van der Waals surface area contributed by atoms with Crippen molar-refractivity contribution in [2.24, 2.45) is 5.92 Å². The molecular formula is C23H31NO5. The molecule has 2 aliphatic carbocycles. The van der Waals surface area contributed by atoms with Crippen LogP contribution in [0, 0.1) is 5.92 Å². The van der Waals surface area contributed by atoms with E-state index in [0.29, 0.717) is 23.7 Å². The topological polar surface area (TPSA) is 95.9 Å². The van der Waals surface area contributed by atoms with Gasteiger partial charge in [-0.2, -0.15) is 0 Å². The molecule has 0 bridgehead atoms. The van der Waals surface area contributed by atoms with Gasteiger partial charge in [-0.3, -0.25) is 4.79 Å². The van der Waals surface area contributed by atoms with E-state index in [9.17, 15) is 19.8 Å². The largest absolute Gasteiger partial charge is 0.488 e. The van der Waals surface area contributed by atoms with Gasteiger partial charge in [0.2, 0.25) is 5.91 Å². The Hall–Kier alpha value is -2.34. The summed E-state index contributed by atoms with van der Waals surface area (Å²) in [6.45, 7) is 0. The number of carbonyl (C=O) groups is 2. The Morgan fingerprint density at radius 1 is 1.03 bits per heavy atom. The number of rotatable bonds is 8. The van der Waals surface area contributed by atoms with Crippen LogP contribution in [0.4, 0.5) is 0 Å². The predicted octanol–water partition coefficient (Wildman–Crippen LogP) is 3.88. The van der Waals surface area contributed by atoms with E-state index in [1.165, 1.54) is 31.8 Å². The highest BCUT2D eigenvalue weighted by molar-refractivity contribution is 5.96. The molecule has 158 valence electrons. The molecule has 2 unspecified atom stereocenters. The lowest BCUT2D eigenvalue weighted by Crippen LogP contribution is -2.34. The number of aliphatic hydroxyl groups is 1. The number of nitrogens with one attached hydrogen (secondary N) is 1. The van der Waals surface area contributed by atoms with Crippen LogP contribution in [-0.4, -0.2) is 34.3 Å². The van der Waals surface area contributed by atoms with Crippen LogP contribution in [0.1, 0.15) is 69.8 Å². The number of aliphatic carboxylic acids is 1. The first-order chi connectivity index (χ1) is 14.0. The summed E-state index contributed by atoms with van der Waals surface area (Å²) in [5.41, 5.74) is 0.535. The number of carbonyl (C=O) groups excluding carboxylic acids is 1. The fraction of sp³-hybridized carbons (Fsp3) is 0.565. The highest BCUT2D eigenvalue weighted by atomic mass is 16.5. The molecule has 6 nitrogen and oxygen atoms in total. The van der Waals surface area contributed by atoms with Gasteiger partial charge in [0.25, 0.3) is 0 Å². The monoisotopic (exact) mass is 401 g/mol. The second-order valence-corrected chi connectivity index (χ2v) is 8.18. The maximum Gasteiger partial charge on any atom is 0.352 e. The van der Waals surface area contributed by atoms with Gasteiger partial charge in [-0.25, -0.2) is 4.79 Å². The van der Waals surface area contributed by atoms with Crippen LogP contribution in [0.2, 0.25) is 0 Å². The van der Waals surface area contributed by atoms with Crippen molar-refractivity contribution >= 4 is 18.0 Å². The van der Waals surface area contributed by atoms with Crippen molar-refractivity contribution in [3.63, 3.8) is 0 Å². The van der Waals surface area contributed by atoms with Crippen molar-refractivity contribution in [1.82, 2.24) is 5.32 Å². The van der Waals surface area contributed by atoms with Gasteiger partial charge < -0.3 is 20.3 Å².